The minimum absolute atomic E-state index is 0.493. The zero-order chi connectivity index (χ0) is 10.7. The van der Waals surface area contributed by atoms with E-state index in [4.69, 9.17) is 17.0 Å². The van der Waals surface area contributed by atoms with Gasteiger partial charge in [-0.3, -0.25) is 0 Å². The lowest BCUT2D eigenvalue weighted by Gasteiger charge is -2.21. The van der Waals surface area contributed by atoms with Gasteiger partial charge in [-0.05, 0) is 25.3 Å². The summed E-state index contributed by atoms with van der Waals surface area (Å²) in [5, 5.41) is 0. The van der Waals surface area contributed by atoms with E-state index in [2.05, 4.69) is 16.9 Å². The zero-order valence-electron chi connectivity index (χ0n) is 8.95. The fraction of sp³-hybridized carbons (Fsp3) is 0.636. The Morgan fingerprint density at radius 2 is 2.27 bits per heavy atom. The van der Waals surface area contributed by atoms with Crippen LogP contribution in [0.4, 0.5) is 0 Å². The van der Waals surface area contributed by atoms with Crippen LogP contribution in [0.25, 0.3) is 0 Å². The largest absolute Gasteiger partial charge is 0.381 e. The molecule has 0 amide bonds. The number of aromatic amines is 1. The minimum atomic E-state index is 0.493. The van der Waals surface area contributed by atoms with Crippen LogP contribution in [0, 0.1) is 4.64 Å². The number of hydrogen-bond acceptors (Lipinski definition) is 3. The molecule has 0 atom stereocenters. The normalized spacial score (nSPS) is 17.9. The third-order valence-electron chi connectivity index (χ3n) is 2.81. The molecule has 0 aromatic carbocycles. The lowest BCUT2D eigenvalue weighted by Crippen LogP contribution is -2.17. The number of aryl methyl sites for hydroxylation is 1. The lowest BCUT2D eigenvalue weighted by molar-refractivity contribution is 0.0835. The number of H-pyrrole nitrogens is 1. The van der Waals surface area contributed by atoms with Crippen molar-refractivity contribution in [2.75, 3.05) is 13.2 Å². The maximum absolute atomic E-state index is 5.34. The van der Waals surface area contributed by atoms with Gasteiger partial charge in [0.1, 0.15) is 10.5 Å². The maximum atomic E-state index is 5.34. The van der Waals surface area contributed by atoms with Crippen molar-refractivity contribution in [2.24, 2.45) is 0 Å². The Morgan fingerprint density at radius 1 is 1.53 bits per heavy atom. The van der Waals surface area contributed by atoms with Gasteiger partial charge in [0.25, 0.3) is 0 Å². The number of nitrogens with zero attached hydrogens (tertiary/aromatic N) is 1. The first kappa shape index (κ1) is 10.8. The summed E-state index contributed by atoms with van der Waals surface area (Å²) in [4.78, 5) is 7.78. The van der Waals surface area contributed by atoms with Gasteiger partial charge in [0.2, 0.25) is 0 Å². The van der Waals surface area contributed by atoms with E-state index in [9.17, 15) is 0 Å². The predicted octanol–water partition coefficient (Wildman–Crippen LogP) is 2.60. The molecule has 1 aliphatic heterocycles. The molecule has 15 heavy (non-hydrogen) atoms. The molecule has 1 aliphatic rings. The minimum Gasteiger partial charge on any atom is -0.381 e. The zero-order valence-corrected chi connectivity index (χ0v) is 9.77. The summed E-state index contributed by atoms with van der Waals surface area (Å²) < 4.78 is 6.04. The molecule has 1 aromatic rings. The van der Waals surface area contributed by atoms with E-state index in [1.54, 1.807) is 0 Å². The van der Waals surface area contributed by atoms with Crippen LogP contribution >= 0.6 is 12.2 Å². The molecule has 1 N–H and O–H groups in total. The van der Waals surface area contributed by atoms with Crippen molar-refractivity contribution in [2.45, 2.75) is 32.1 Å². The summed E-state index contributed by atoms with van der Waals surface area (Å²) in [5.74, 6) is 1.54. The van der Waals surface area contributed by atoms with Gasteiger partial charge < -0.3 is 9.72 Å². The SMILES string of the molecule is CCc1cc(=S)nc(C2CCOCC2)[nH]1. The molecule has 82 valence electrons. The highest BCUT2D eigenvalue weighted by Gasteiger charge is 2.17. The van der Waals surface area contributed by atoms with E-state index in [0.717, 1.165) is 38.3 Å². The summed E-state index contributed by atoms with van der Waals surface area (Å²) in [6.45, 7) is 3.79. The van der Waals surface area contributed by atoms with Crippen molar-refractivity contribution in [3.8, 4) is 0 Å². The molecule has 4 heteroatoms. The molecule has 0 saturated carbocycles. The van der Waals surface area contributed by atoms with Crippen molar-refractivity contribution < 1.29 is 4.74 Å². The van der Waals surface area contributed by atoms with E-state index in [1.165, 1.54) is 5.69 Å². The van der Waals surface area contributed by atoms with Crippen LogP contribution in [0.15, 0.2) is 6.07 Å². The van der Waals surface area contributed by atoms with Gasteiger partial charge in [-0.2, -0.15) is 0 Å². The highest BCUT2D eigenvalue weighted by Crippen LogP contribution is 2.23. The fourth-order valence-electron chi connectivity index (χ4n) is 1.88. The molecule has 2 heterocycles. The Hall–Kier alpha value is -0.740. The average Bonchev–Trinajstić information content (AvgIpc) is 2.29. The van der Waals surface area contributed by atoms with Crippen LogP contribution in [-0.4, -0.2) is 23.2 Å². The molecule has 1 aromatic heterocycles. The van der Waals surface area contributed by atoms with Gasteiger partial charge in [-0.1, -0.05) is 19.1 Å². The van der Waals surface area contributed by atoms with Crippen molar-refractivity contribution >= 4 is 12.2 Å². The molecule has 1 fully saturated rings. The van der Waals surface area contributed by atoms with Crippen LogP contribution in [-0.2, 0) is 11.2 Å². The van der Waals surface area contributed by atoms with E-state index in [-0.39, 0.29) is 0 Å². The summed E-state index contributed by atoms with van der Waals surface area (Å²) >= 11 is 5.16. The second-order valence-corrected chi connectivity index (χ2v) is 4.29. The number of hydrogen-bond donors (Lipinski definition) is 1. The Labute approximate surface area is 94.9 Å². The van der Waals surface area contributed by atoms with E-state index in [1.807, 2.05) is 6.07 Å². The van der Waals surface area contributed by atoms with Gasteiger partial charge in [-0.15, -0.1) is 0 Å². The van der Waals surface area contributed by atoms with Crippen molar-refractivity contribution in [3.63, 3.8) is 0 Å². The number of aromatic nitrogens is 2. The van der Waals surface area contributed by atoms with Gasteiger partial charge >= 0.3 is 0 Å². The summed E-state index contributed by atoms with van der Waals surface area (Å²) in [7, 11) is 0. The monoisotopic (exact) mass is 224 g/mol. The topological polar surface area (TPSA) is 37.9 Å². The highest BCUT2D eigenvalue weighted by molar-refractivity contribution is 7.71. The van der Waals surface area contributed by atoms with Gasteiger partial charge in [0, 0.05) is 24.8 Å². The maximum Gasteiger partial charge on any atom is 0.129 e. The van der Waals surface area contributed by atoms with E-state index < -0.39 is 0 Å². The first-order chi connectivity index (χ1) is 7.29. The van der Waals surface area contributed by atoms with Crippen LogP contribution in [0.3, 0.4) is 0 Å². The Balaban J connectivity index is 2.26. The van der Waals surface area contributed by atoms with Crippen molar-refractivity contribution in [1.82, 2.24) is 9.97 Å². The van der Waals surface area contributed by atoms with Gasteiger partial charge in [-0.25, -0.2) is 4.98 Å². The molecule has 3 nitrogen and oxygen atoms in total. The Morgan fingerprint density at radius 3 is 2.93 bits per heavy atom. The third kappa shape index (κ3) is 2.63. The van der Waals surface area contributed by atoms with Gasteiger partial charge in [0.15, 0.2) is 0 Å². The summed E-state index contributed by atoms with van der Waals surface area (Å²) in [6.07, 6.45) is 3.07. The number of ether oxygens (including phenoxy) is 1. The third-order valence-corrected chi connectivity index (χ3v) is 3.02. The molecule has 0 aliphatic carbocycles. The first-order valence-corrected chi connectivity index (χ1v) is 5.88. The Kier molecular flexibility index (Phi) is 3.49. The quantitative estimate of drug-likeness (QED) is 0.785. The van der Waals surface area contributed by atoms with Crippen LogP contribution in [0.2, 0.25) is 0 Å². The second kappa shape index (κ2) is 4.86. The lowest BCUT2D eigenvalue weighted by atomic mass is 9.99. The molecular weight excluding hydrogens is 208 g/mol. The molecule has 1 saturated heterocycles. The molecule has 0 radical (unpaired) electrons. The summed E-state index contributed by atoms with van der Waals surface area (Å²) in [6, 6.07) is 1.94. The van der Waals surface area contributed by atoms with Crippen molar-refractivity contribution in [1.29, 1.82) is 0 Å². The molecule has 0 spiro atoms. The Bertz CT molecular complexity index is 382. The molecule has 2 rings (SSSR count). The van der Waals surface area contributed by atoms with E-state index in [0.29, 0.717) is 10.6 Å². The van der Waals surface area contributed by atoms with Crippen LogP contribution in [0.1, 0.15) is 37.2 Å². The first-order valence-electron chi connectivity index (χ1n) is 5.47. The van der Waals surface area contributed by atoms with Crippen molar-refractivity contribution in [3.05, 3.63) is 22.2 Å². The predicted molar refractivity (Wildman–Crippen MR) is 61.6 cm³/mol. The van der Waals surface area contributed by atoms with Gasteiger partial charge in [0.05, 0.1) is 0 Å². The average molecular weight is 224 g/mol. The molecular formula is C11H16N2OS. The second-order valence-electron chi connectivity index (χ2n) is 3.87. The highest BCUT2D eigenvalue weighted by atomic mass is 32.1. The molecule has 0 unspecified atom stereocenters. The fourth-order valence-corrected chi connectivity index (χ4v) is 2.12. The number of rotatable bonds is 2. The number of nitrogens with one attached hydrogen (secondary N) is 1. The molecule has 0 bridgehead atoms. The summed E-state index contributed by atoms with van der Waals surface area (Å²) in [5.41, 5.74) is 1.18. The smallest absolute Gasteiger partial charge is 0.129 e. The standard InChI is InChI=1S/C11H16N2OS/c1-2-9-7-10(15)13-11(12-9)8-3-5-14-6-4-8/h7-8H,2-6H2,1H3,(H,12,13,15). The van der Waals surface area contributed by atoms with E-state index >= 15 is 0 Å². The van der Waals surface area contributed by atoms with Crippen LogP contribution in [0.5, 0.6) is 0 Å². The van der Waals surface area contributed by atoms with Crippen LogP contribution < -0.4 is 0 Å².